The van der Waals surface area contributed by atoms with E-state index >= 15 is 0 Å². The Morgan fingerprint density at radius 3 is 2.90 bits per heavy atom. The van der Waals surface area contributed by atoms with E-state index in [1.165, 1.54) is 0 Å². The lowest BCUT2D eigenvalue weighted by Gasteiger charge is -2.05. The van der Waals surface area contributed by atoms with Gasteiger partial charge in [0, 0.05) is 6.54 Å². The Hall–Kier alpha value is -0.180. The molecule has 10 heavy (non-hydrogen) atoms. The molecule has 0 spiro atoms. The molecule has 0 aromatic heterocycles. The Morgan fingerprint density at radius 2 is 2.50 bits per heavy atom. The fraction of sp³-hybridized carbons (Fsp3) is 0.800. The van der Waals surface area contributed by atoms with Crippen molar-refractivity contribution in [1.82, 2.24) is 0 Å². The first kappa shape index (κ1) is 9.82. The standard InChI is InChI=1S/C5H12NO3P/c1-10-9-5(8)2-4(7)3-6/h4,7,10H,2-3,6H2,1H3. The van der Waals surface area contributed by atoms with Crippen molar-refractivity contribution < 1.29 is 14.4 Å². The van der Waals surface area contributed by atoms with Gasteiger partial charge in [-0.2, -0.15) is 0 Å². The minimum Gasteiger partial charge on any atom is -0.448 e. The first-order valence-corrected chi connectivity index (χ1v) is 4.36. The van der Waals surface area contributed by atoms with E-state index in [1.807, 2.05) is 0 Å². The van der Waals surface area contributed by atoms with Gasteiger partial charge in [-0.05, 0) is 6.66 Å². The molecule has 5 heteroatoms. The van der Waals surface area contributed by atoms with Crippen LogP contribution in [0.2, 0.25) is 0 Å². The first-order chi connectivity index (χ1) is 4.70. The van der Waals surface area contributed by atoms with Crippen molar-refractivity contribution in [1.29, 1.82) is 0 Å². The Balaban J connectivity index is 3.37. The van der Waals surface area contributed by atoms with Crippen molar-refractivity contribution in [2.45, 2.75) is 12.5 Å². The van der Waals surface area contributed by atoms with Gasteiger partial charge in [0.2, 0.25) is 0 Å². The Morgan fingerprint density at radius 1 is 1.90 bits per heavy atom. The van der Waals surface area contributed by atoms with Gasteiger partial charge in [0.1, 0.15) is 0 Å². The highest BCUT2D eigenvalue weighted by atomic mass is 31.1. The van der Waals surface area contributed by atoms with Crippen LogP contribution in [0.4, 0.5) is 0 Å². The Bertz CT molecular complexity index is 109. The summed E-state index contributed by atoms with van der Waals surface area (Å²) in [5.41, 5.74) is 5.06. The Labute approximate surface area is 61.6 Å². The monoisotopic (exact) mass is 165 g/mol. The largest absolute Gasteiger partial charge is 0.448 e. The molecule has 0 saturated carbocycles. The SMILES string of the molecule is CPOC(=O)CC(O)CN. The van der Waals surface area contributed by atoms with E-state index in [0.29, 0.717) is 0 Å². The third-order valence-electron chi connectivity index (χ3n) is 0.890. The minimum atomic E-state index is -0.760. The van der Waals surface area contributed by atoms with Crippen LogP contribution in [0.15, 0.2) is 0 Å². The van der Waals surface area contributed by atoms with Gasteiger partial charge in [-0.3, -0.25) is 4.79 Å². The van der Waals surface area contributed by atoms with E-state index in [9.17, 15) is 4.79 Å². The predicted molar refractivity (Wildman–Crippen MR) is 40.0 cm³/mol. The second-order valence-electron chi connectivity index (χ2n) is 1.77. The normalized spacial score (nSPS) is 13.9. The molecule has 0 fully saturated rings. The molecule has 0 aliphatic rings. The predicted octanol–water partition coefficient (Wildman–Crippen LogP) is -0.537. The molecule has 0 saturated heterocycles. The van der Waals surface area contributed by atoms with Gasteiger partial charge in [-0.25, -0.2) is 0 Å². The van der Waals surface area contributed by atoms with E-state index in [4.69, 9.17) is 10.8 Å². The quantitative estimate of drug-likeness (QED) is 0.549. The second kappa shape index (κ2) is 5.59. The number of aliphatic hydroxyl groups is 1. The summed E-state index contributed by atoms with van der Waals surface area (Å²) in [6, 6.07) is 0. The van der Waals surface area contributed by atoms with Crippen LogP contribution in [0.1, 0.15) is 6.42 Å². The van der Waals surface area contributed by atoms with Crippen LogP contribution in [0, 0.1) is 0 Å². The van der Waals surface area contributed by atoms with E-state index in [-0.39, 0.29) is 21.8 Å². The molecular formula is C5H12NO3P. The molecular weight excluding hydrogens is 153 g/mol. The van der Waals surface area contributed by atoms with Gasteiger partial charge in [0.05, 0.1) is 21.3 Å². The molecule has 0 aliphatic carbocycles. The average Bonchev–Trinajstić information content (AvgIpc) is 1.88. The van der Waals surface area contributed by atoms with Crippen molar-refractivity contribution in [3.63, 3.8) is 0 Å². The molecule has 0 rings (SSSR count). The third-order valence-corrected chi connectivity index (χ3v) is 1.32. The van der Waals surface area contributed by atoms with Crippen molar-refractivity contribution in [3.05, 3.63) is 0 Å². The number of hydrogen-bond acceptors (Lipinski definition) is 4. The fourth-order valence-electron chi connectivity index (χ4n) is 0.431. The van der Waals surface area contributed by atoms with Crippen LogP contribution in [-0.4, -0.2) is 30.4 Å². The van der Waals surface area contributed by atoms with Gasteiger partial charge in [-0.15, -0.1) is 0 Å². The molecule has 0 aromatic carbocycles. The summed E-state index contributed by atoms with van der Waals surface area (Å²) in [6.07, 6.45) is -0.763. The number of hydrogen-bond donors (Lipinski definition) is 2. The van der Waals surface area contributed by atoms with Crippen molar-refractivity contribution >= 4 is 14.8 Å². The number of aliphatic hydroxyl groups excluding tert-OH is 1. The lowest BCUT2D eigenvalue weighted by atomic mass is 10.3. The molecule has 2 unspecified atom stereocenters. The van der Waals surface area contributed by atoms with Gasteiger partial charge in [0.25, 0.3) is 0 Å². The van der Waals surface area contributed by atoms with Crippen LogP contribution in [-0.2, 0) is 9.32 Å². The smallest absolute Gasteiger partial charge is 0.310 e. The maximum atomic E-state index is 10.6. The molecule has 4 nitrogen and oxygen atoms in total. The van der Waals surface area contributed by atoms with Crippen molar-refractivity contribution in [2.75, 3.05) is 13.2 Å². The summed E-state index contributed by atoms with van der Waals surface area (Å²) >= 11 is 0. The number of rotatable bonds is 4. The van der Waals surface area contributed by atoms with Crippen LogP contribution in [0.3, 0.4) is 0 Å². The number of carbonyl (C=O) groups is 1. The average molecular weight is 165 g/mol. The molecule has 3 N–H and O–H groups in total. The van der Waals surface area contributed by atoms with Crippen LogP contribution in [0.25, 0.3) is 0 Å². The fourth-order valence-corrected chi connectivity index (χ4v) is 0.742. The summed E-state index contributed by atoms with van der Waals surface area (Å²) in [4.78, 5) is 10.6. The molecule has 2 atom stereocenters. The van der Waals surface area contributed by atoms with Crippen molar-refractivity contribution in [3.8, 4) is 0 Å². The maximum absolute atomic E-state index is 10.6. The van der Waals surface area contributed by atoms with E-state index in [0.717, 1.165) is 0 Å². The molecule has 0 amide bonds. The van der Waals surface area contributed by atoms with Gasteiger partial charge in [-0.1, -0.05) is 0 Å². The summed E-state index contributed by atoms with van der Waals surface area (Å²) < 4.78 is 4.59. The third kappa shape index (κ3) is 4.68. The van der Waals surface area contributed by atoms with Crippen molar-refractivity contribution in [2.24, 2.45) is 5.73 Å². The highest BCUT2D eigenvalue weighted by Crippen LogP contribution is 2.06. The topological polar surface area (TPSA) is 72.5 Å². The number of nitrogens with two attached hydrogens (primary N) is 1. The zero-order chi connectivity index (χ0) is 7.98. The summed E-state index contributed by atoms with van der Waals surface area (Å²) in [5, 5.41) is 8.83. The molecule has 0 bridgehead atoms. The highest BCUT2D eigenvalue weighted by Gasteiger charge is 2.08. The van der Waals surface area contributed by atoms with Gasteiger partial charge in [0.15, 0.2) is 0 Å². The van der Waals surface area contributed by atoms with Crippen LogP contribution >= 0.6 is 8.81 Å². The van der Waals surface area contributed by atoms with Gasteiger partial charge >= 0.3 is 5.97 Å². The molecule has 60 valence electrons. The zero-order valence-electron chi connectivity index (χ0n) is 5.83. The second-order valence-corrected chi connectivity index (χ2v) is 2.38. The first-order valence-electron chi connectivity index (χ1n) is 2.95. The lowest BCUT2D eigenvalue weighted by Crippen LogP contribution is -2.23. The van der Waals surface area contributed by atoms with E-state index in [2.05, 4.69) is 4.52 Å². The highest BCUT2D eigenvalue weighted by molar-refractivity contribution is 7.31. The number of carbonyl (C=O) groups excluding carboxylic acids is 1. The Kier molecular flexibility index (Phi) is 5.49. The molecule has 0 heterocycles. The van der Waals surface area contributed by atoms with E-state index < -0.39 is 12.1 Å². The van der Waals surface area contributed by atoms with Crippen LogP contribution < -0.4 is 5.73 Å². The summed E-state index contributed by atoms with van der Waals surface area (Å²) in [5.74, 6) is -0.390. The molecule has 0 aliphatic heterocycles. The summed E-state index contributed by atoms with van der Waals surface area (Å²) in [7, 11) is 0.138. The van der Waals surface area contributed by atoms with Gasteiger partial charge < -0.3 is 15.4 Å². The molecule has 0 aromatic rings. The zero-order valence-corrected chi connectivity index (χ0v) is 6.83. The summed E-state index contributed by atoms with van der Waals surface area (Å²) in [6.45, 7) is 1.84. The van der Waals surface area contributed by atoms with E-state index in [1.54, 1.807) is 6.66 Å². The minimum absolute atomic E-state index is 0.00264. The van der Waals surface area contributed by atoms with Crippen LogP contribution in [0.5, 0.6) is 0 Å². The lowest BCUT2D eigenvalue weighted by molar-refractivity contribution is -0.135. The maximum Gasteiger partial charge on any atom is 0.310 e. The molecule has 0 radical (unpaired) electrons.